The molecule has 3 aliphatic heterocycles. The smallest absolute Gasteiger partial charge is 0.245 e. The van der Waals surface area contributed by atoms with Crippen LogP contribution >= 0.6 is 0 Å². The van der Waals surface area contributed by atoms with Gasteiger partial charge in [0, 0.05) is 13.0 Å². The van der Waals surface area contributed by atoms with Crippen LogP contribution in [0.15, 0.2) is 0 Å². The normalized spacial score (nSPS) is 31.7. The molecule has 4 amide bonds. The molecule has 10 nitrogen and oxygen atoms in total. The third-order valence-electron chi connectivity index (χ3n) is 6.07. The lowest BCUT2D eigenvalue weighted by atomic mass is 10.2. The third-order valence-corrected chi connectivity index (χ3v) is 6.07. The van der Waals surface area contributed by atoms with Crippen LogP contribution in [0.25, 0.3) is 0 Å². The standard InChI is InChI=1S/C21H32N4O6/c1-12-18(27)22-13(2)19(28)24-14(7-4-3-5-9-16(26)17-11-31-17)21(30)25-10-6-8-15(25)20(29)23-12/h12-15,17H,3-11H2,1-2H3,(H,22,27)(H,23,29)(H,24,28)/t12-,13+,14?,15+,17-/m0/s1/i4+1,5+1,6+1,8+1,11+1,14+1,15+1,16+1. The molecule has 0 aromatic heterocycles. The predicted molar refractivity (Wildman–Crippen MR) is 110 cm³/mol. The van der Waals surface area contributed by atoms with Crippen molar-refractivity contribution >= 4 is 29.4 Å². The van der Waals surface area contributed by atoms with Gasteiger partial charge < -0.3 is 25.6 Å². The molecule has 3 N–H and O–H groups in total. The number of hydrogen-bond acceptors (Lipinski definition) is 6. The first-order valence-electron chi connectivity index (χ1n) is 11.1. The second-order valence-corrected chi connectivity index (χ2v) is 8.60. The molecule has 0 aromatic rings. The van der Waals surface area contributed by atoms with Crippen molar-refractivity contribution in [2.75, 3.05) is 13.2 Å². The highest BCUT2D eigenvalue weighted by molar-refractivity contribution is 5.97. The second kappa shape index (κ2) is 10.2. The Balaban J connectivity index is 1.65. The Morgan fingerprint density at radius 2 is 1.61 bits per heavy atom. The maximum Gasteiger partial charge on any atom is 0.245 e. The molecule has 10 heteroatoms. The zero-order chi connectivity index (χ0) is 22.5. The van der Waals surface area contributed by atoms with E-state index < -0.39 is 36.0 Å². The first kappa shape index (κ1) is 23.2. The number of ketones is 1. The fourth-order valence-electron chi connectivity index (χ4n) is 4.06. The summed E-state index contributed by atoms with van der Waals surface area (Å²) in [4.78, 5) is 64.0. The highest BCUT2D eigenvalue weighted by atomic mass is 16.7. The molecular weight excluding hydrogens is 412 g/mol. The highest BCUT2D eigenvalue weighted by Gasteiger charge is 2.39. The fraction of sp³-hybridized carbons (Fsp3) is 0.762. The van der Waals surface area contributed by atoms with E-state index in [1.165, 1.54) is 4.90 Å². The third kappa shape index (κ3) is 6.03. The number of epoxide rings is 1. The SMILES string of the molecule is C[C@@H]1NC(=O)[13C@H]2[13CH2][13CH2]CN2C(=O)[13CH](C[13CH2]C[13CH2]C[13C](=O)[C@@H]2[13CH2]O2)NC(=O)[C@@H](C)NC1=O. The topological polar surface area (TPSA) is 137 Å². The molecule has 0 spiro atoms. The number of Topliss-reactive ketones (excluding diaryl/α,β-unsaturated/α-hetero) is 1. The number of nitrogens with zero attached hydrogens (tertiary/aromatic N) is 1. The number of rotatable bonds is 7. The van der Waals surface area contributed by atoms with E-state index in [0.29, 0.717) is 51.7 Å². The fourth-order valence-corrected chi connectivity index (χ4v) is 4.06. The Labute approximate surface area is 181 Å². The van der Waals surface area contributed by atoms with Crippen molar-refractivity contribution in [3.8, 4) is 0 Å². The average Bonchev–Trinajstić information content (AvgIpc) is 3.47. The van der Waals surface area contributed by atoms with Crippen LogP contribution in [-0.4, -0.2) is 77.7 Å². The minimum atomic E-state index is -0.841. The molecule has 0 bridgehead atoms. The summed E-state index contributed by atoms with van der Waals surface area (Å²) in [6.07, 6.45) is 3.92. The van der Waals surface area contributed by atoms with Crippen LogP contribution in [0.5, 0.6) is 0 Å². The van der Waals surface area contributed by atoms with Gasteiger partial charge in [-0.3, -0.25) is 24.0 Å². The molecule has 31 heavy (non-hydrogen) atoms. The van der Waals surface area contributed by atoms with Gasteiger partial charge in [-0.2, -0.15) is 0 Å². The molecule has 3 rings (SSSR count). The number of carbonyl (C=O) groups is 5. The quantitative estimate of drug-likeness (QED) is 0.273. The summed E-state index contributed by atoms with van der Waals surface area (Å²) >= 11 is 0. The molecule has 0 aliphatic carbocycles. The molecule has 0 saturated carbocycles. The van der Waals surface area contributed by atoms with Crippen LogP contribution in [0.1, 0.15) is 58.8 Å². The van der Waals surface area contributed by atoms with Gasteiger partial charge in [0.1, 0.15) is 30.3 Å². The van der Waals surface area contributed by atoms with E-state index in [0.717, 1.165) is 6.42 Å². The number of unbranched alkanes of at least 4 members (excludes halogenated alkanes) is 2. The van der Waals surface area contributed by atoms with Crippen molar-refractivity contribution in [3.63, 3.8) is 0 Å². The van der Waals surface area contributed by atoms with Gasteiger partial charge in [-0.25, -0.2) is 0 Å². The minimum Gasteiger partial charge on any atom is -0.365 e. The van der Waals surface area contributed by atoms with E-state index in [2.05, 4.69) is 16.0 Å². The summed E-state index contributed by atoms with van der Waals surface area (Å²) in [5.41, 5.74) is 0. The summed E-state index contributed by atoms with van der Waals surface area (Å²) in [7, 11) is 0. The lowest BCUT2D eigenvalue weighted by Gasteiger charge is -2.31. The molecule has 0 aromatic carbocycles. The Morgan fingerprint density at radius 1 is 0.968 bits per heavy atom. The van der Waals surface area contributed by atoms with Crippen LogP contribution < -0.4 is 16.0 Å². The van der Waals surface area contributed by atoms with E-state index >= 15 is 0 Å². The summed E-state index contributed by atoms with van der Waals surface area (Å²) in [6.45, 7) is 4.04. The van der Waals surface area contributed by atoms with Gasteiger partial charge in [0.15, 0.2) is 5.78 Å². The average molecular weight is 444 g/mol. The van der Waals surface area contributed by atoms with Gasteiger partial charge in [0.05, 0.1) is 6.61 Å². The van der Waals surface area contributed by atoms with Crippen molar-refractivity contribution in [1.82, 2.24) is 20.9 Å². The summed E-state index contributed by atoms with van der Waals surface area (Å²) in [6, 6.07) is -3.07. The molecule has 3 heterocycles. The Kier molecular flexibility index (Phi) is 7.64. The zero-order valence-corrected chi connectivity index (χ0v) is 18.1. The summed E-state index contributed by atoms with van der Waals surface area (Å²) in [5, 5.41) is 8.00. The van der Waals surface area contributed by atoms with E-state index in [9.17, 15) is 24.0 Å². The molecule has 0 radical (unpaired) electrons. The van der Waals surface area contributed by atoms with Crippen molar-refractivity contribution in [2.45, 2.75) is 89.1 Å². The predicted octanol–water partition coefficient (Wildman–Crippen LogP) is -0.596. The molecule has 3 saturated heterocycles. The molecule has 1 unspecified atom stereocenters. The maximum atomic E-state index is 13.2. The Morgan fingerprint density at radius 3 is 2.29 bits per heavy atom. The largest absolute Gasteiger partial charge is 0.365 e. The van der Waals surface area contributed by atoms with Gasteiger partial charge in [-0.05, 0) is 39.5 Å². The van der Waals surface area contributed by atoms with Crippen LogP contribution in [0.4, 0.5) is 0 Å². The van der Waals surface area contributed by atoms with Crippen LogP contribution in [0.3, 0.4) is 0 Å². The summed E-state index contributed by atoms with van der Waals surface area (Å²) in [5.74, 6) is -1.41. The lowest BCUT2D eigenvalue weighted by Crippen LogP contribution is -2.60. The van der Waals surface area contributed by atoms with Crippen LogP contribution in [0.2, 0.25) is 0 Å². The van der Waals surface area contributed by atoms with Gasteiger partial charge in [-0.1, -0.05) is 12.8 Å². The van der Waals surface area contributed by atoms with E-state index in [4.69, 9.17) is 4.74 Å². The van der Waals surface area contributed by atoms with Crippen molar-refractivity contribution in [2.24, 2.45) is 0 Å². The number of carbonyl (C=O) groups excluding carboxylic acids is 5. The van der Waals surface area contributed by atoms with Crippen molar-refractivity contribution < 1.29 is 28.7 Å². The van der Waals surface area contributed by atoms with Gasteiger partial charge in [0.25, 0.3) is 0 Å². The minimum absolute atomic E-state index is 0.111. The Bertz CT molecular complexity index is 737. The van der Waals surface area contributed by atoms with E-state index in [-0.39, 0.29) is 23.7 Å². The number of nitrogens with one attached hydrogen (secondary N) is 3. The van der Waals surface area contributed by atoms with E-state index in [1.807, 2.05) is 0 Å². The van der Waals surface area contributed by atoms with Crippen LogP contribution in [0, 0.1) is 0 Å². The van der Waals surface area contributed by atoms with Gasteiger partial charge in [-0.15, -0.1) is 0 Å². The van der Waals surface area contributed by atoms with E-state index in [1.54, 1.807) is 13.8 Å². The maximum absolute atomic E-state index is 13.2. The van der Waals surface area contributed by atoms with Crippen molar-refractivity contribution in [3.05, 3.63) is 0 Å². The number of hydrogen-bond donors (Lipinski definition) is 3. The monoisotopic (exact) mass is 444 g/mol. The van der Waals surface area contributed by atoms with Gasteiger partial charge in [0.2, 0.25) is 23.6 Å². The van der Waals surface area contributed by atoms with Crippen molar-refractivity contribution in [1.29, 1.82) is 0 Å². The number of ether oxygens (including phenoxy) is 1. The first-order chi connectivity index (χ1) is 14.8. The highest BCUT2D eigenvalue weighted by Crippen LogP contribution is 2.21. The second-order valence-electron chi connectivity index (χ2n) is 8.60. The molecule has 172 valence electrons. The van der Waals surface area contributed by atoms with Gasteiger partial charge >= 0.3 is 0 Å². The number of amides is 4. The molecular formula is C21H32N4O6. The zero-order valence-electron chi connectivity index (χ0n) is 18.1. The summed E-state index contributed by atoms with van der Waals surface area (Å²) < 4.78 is 4.98. The first-order valence-corrected chi connectivity index (χ1v) is 11.1. The Hall–Kier alpha value is -2.49. The lowest BCUT2D eigenvalue weighted by molar-refractivity contribution is -0.143. The molecule has 3 aliphatic rings. The number of fused-ring (bicyclic) bond motifs is 1. The molecule has 5 atom stereocenters. The van der Waals surface area contributed by atoms with Crippen LogP contribution in [-0.2, 0) is 28.7 Å². The molecule has 3 fully saturated rings.